The van der Waals surface area contributed by atoms with Crippen molar-refractivity contribution in [1.29, 1.82) is 0 Å². The average Bonchev–Trinajstić information content (AvgIpc) is 2.73. The summed E-state index contributed by atoms with van der Waals surface area (Å²) in [6, 6.07) is 7.99. The molecule has 1 aromatic carbocycles. The Labute approximate surface area is 119 Å². The van der Waals surface area contributed by atoms with Crippen molar-refractivity contribution in [2.45, 2.75) is 33.5 Å². The Morgan fingerprint density at radius 2 is 1.89 bits per heavy atom. The van der Waals surface area contributed by atoms with Crippen molar-refractivity contribution < 1.29 is 0 Å². The Morgan fingerprint density at radius 3 is 2.53 bits per heavy atom. The van der Waals surface area contributed by atoms with Crippen molar-refractivity contribution in [3.8, 4) is 0 Å². The molecule has 0 saturated carbocycles. The van der Waals surface area contributed by atoms with Crippen LogP contribution in [0.25, 0.3) is 0 Å². The van der Waals surface area contributed by atoms with E-state index in [4.69, 9.17) is 11.6 Å². The van der Waals surface area contributed by atoms with Crippen molar-refractivity contribution >= 4 is 11.6 Å². The van der Waals surface area contributed by atoms with E-state index >= 15 is 0 Å². The van der Waals surface area contributed by atoms with Gasteiger partial charge in [0.15, 0.2) is 0 Å². The summed E-state index contributed by atoms with van der Waals surface area (Å²) < 4.78 is 2.03. The van der Waals surface area contributed by atoms with Crippen molar-refractivity contribution in [2.75, 3.05) is 7.05 Å². The first kappa shape index (κ1) is 14.1. The quantitative estimate of drug-likeness (QED) is 0.834. The normalized spacial score (nSPS) is 11.2. The Morgan fingerprint density at radius 1 is 1.21 bits per heavy atom. The van der Waals surface area contributed by atoms with Gasteiger partial charge in [0, 0.05) is 35.9 Å². The van der Waals surface area contributed by atoms with Crippen molar-refractivity contribution in [3.05, 3.63) is 52.3 Å². The van der Waals surface area contributed by atoms with E-state index in [0.717, 1.165) is 30.2 Å². The summed E-state index contributed by atoms with van der Waals surface area (Å²) in [6.07, 6.45) is 1.96. The Kier molecular flexibility index (Phi) is 4.61. The van der Waals surface area contributed by atoms with E-state index < -0.39 is 0 Å². The molecule has 0 fully saturated rings. The molecule has 1 heterocycles. The second kappa shape index (κ2) is 6.22. The largest absolute Gasteiger partial charge is 0.298 e. The average molecular weight is 278 g/mol. The smallest absolute Gasteiger partial charge is 0.0537 e. The zero-order chi connectivity index (χ0) is 13.8. The molecule has 19 heavy (non-hydrogen) atoms. The summed E-state index contributed by atoms with van der Waals surface area (Å²) in [5.41, 5.74) is 3.68. The van der Waals surface area contributed by atoms with E-state index in [1.165, 1.54) is 11.3 Å². The van der Waals surface area contributed by atoms with Crippen LogP contribution in [0.2, 0.25) is 5.02 Å². The van der Waals surface area contributed by atoms with Gasteiger partial charge in [-0.1, -0.05) is 29.8 Å². The standard InChI is InChI=1S/C15H20ClN3/c1-4-19-12(2)14(9-17-19)11-18(3)10-13-7-5-6-8-15(13)16/h5-9H,4,10-11H2,1-3H3. The number of hydrogen-bond donors (Lipinski definition) is 0. The van der Waals surface area contributed by atoms with Gasteiger partial charge in [0.1, 0.15) is 0 Å². The molecular weight excluding hydrogens is 258 g/mol. The van der Waals surface area contributed by atoms with Crippen LogP contribution in [0.15, 0.2) is 30.5 Å². The lowest BCUT2D eigenvalue weighted by Gasteiger charge is -2.17. The van der Waals surface area contributed by atoms with E-state index in [1.54, 1.807) is 0 Å². The van der Waals surface area contributed by atoms with Crippen LogP contribution in [0.1, 0.15) is 23.7 Å². The van der Waals surface area contributed by atoms with E-state index in [2.05, 4.69) is 37.0 Å². The molecule has 2 rings (SSSR count). The van der Waals surface area contributed by atoms with Crippen LogP contribution in [-0.2, 0) is 19.6 Å². The van der Waals surface area contributed by atoms with Crippen LogP contribution in [-0.4, -0.2) is 21.7 Å². The molecule has 0 N–H and O–H groups in total. The zero-order valence-electron chi connectivity index (χ0n) is 11.7. The van der Waals surface area contributed by atoms with Crippen LogP contribution in [0.5, 0.6) is 0 Å². The fourth-order valence-corrected chi connectivity index (χ4v) is 2.42. The van der Waals surface area contributed by atoms with E-state index in [-0.39, 0.29) is 0 Å². The fraction of sp³-hybridized carbons (Fsp3) is 0.400. The van der Waals surface area contributed by atoms with Gasteiger partial charge in [0.05, 0.1) is 6.20 Å². The molecule has 0 radical (unpaired) electrons. The van der Waals surface area contributed by atoms with Gasteiger partial charge >= 0.3 is 0 Å². The fourth-order valence-electron chi connectivity index (χ4n) is 2.22. The second-order valence-corrected chi connectivity index (χ2v) is 5.24. The molecule has 0 aliphatic carbocycles. The van der Waals surface area contributed by atoms with Gasteiger partial charge in [0.2, 0.25) is 0 Å². The molecule has 1 aromatic heterocycles. The molecule has 0 unspecified atom stereocenters. The third-order valence-electron chi connectivity index (χ3n) is 3.34. The molecule has 0 saturated heterocycles. The molecule has 0 aliphatic rings. The van der Waals surface area contributed by atoms with Gasteiger partial charge in [-0.2, -0.15) is 5.10 Å². The van der Waals surface area contributed by atoms with Gasteiger partial charge in [-0.15, -0.1) is 0 Å². The summed E-state index contributed by atoms with van der Waals surface area (Å²) in [7, 11) is 2.10. The van der Waals surface area contributed by atoms with Crippen LogP contribution in [0, 0.1) is 6.92 Å². The number of rotatable bonds is 5. The van der Waals surface area contributed by atoms with Gasteiger partial charge < -0.3 is 0 Å². The van der Waals surface area contributed by atoms with Crippen molar-refractivity contribution in [2.24, 2.45) is 0 Å². The Bertz CT molecular complexity index is 548. The zero-order valence-corrected chi connectivity index (χ0v) is 12.5. The molecular formula is C15H20ClN3. The van der Waals surface area contributed by atoms with E-state index in [1.807, 2.05) is 29.1 Å². The van der Waals surface area contributed by atoms with Crippen LogP contribution >= 0.6 is 11.6 Å². The molecule has 102 valence electrons. The molecule has 2 aromatic rings. The highest BCUT2D eigenvalue weighted by Gasteiger charge is 2.09. The summed E-state index contributed by atoms with van der Waals surface area (Å²) >= 11 is 6.19. The lowest BCUT2D eigenvalue weighted by molar-refractivity contribution is 0.318. The number of halogens is 1. The lowest BCUT2D eigenvalue weighted by atomic mass is 10.2. The number of aryl methyl sites for hydroxylation is 1. The predicted molar refractivity (Wildman–Crippen MR) is 79.3 cm³/mol. The maximum Gasteiger partial charge on any atom is 0.0537 e. The Hall–Kier alpha value is -1.32. The van der Waals surface area contributed by atoms with Crippen LogP contribution in [0.3, 0.4) is 0 Å². The van der Waals surface area contributed by atoms with Crippen molar-refractivity contribution in [1.82, 2.24) is 14.7 Å². The van der Waals surface area contributed by atoms with Gasteiger partial charge in [0.25, 0.3) is 0 Å². The number of nitrogens with zero attached hydrogens (tertiary/aromatic N) is 3. The summed E-state index contributed by atoms with van der Waals surface area (Å²) in [5.74, 6) is 0. The summed E-state index contributed by atoms with van der Waals surface area (Å²) in [5, 5.41) is 5.20. The SMILES string of the molecule is CCn1ncc(CN(C)Cc2ccccc2Cl)c1C. The maximum atomic E-state index is 6.19. The molecule has 0 aliphatic heterocycles. The minimum Gasteiger partial charge on any atom is -0.298 e. The highest BCUT2D eigenvalue weighted by atomic mass is 35.5. The topological polar surface area (TPSA) is 21.1 Å². The number of hydrogen-bond acceptors (Lipinski definition) is 2. The summed E-state index contributed by atoms with van der Waals surface area (Å²) in [4.78, 5) is 2.26. The molecule has 0 bridgehead atoms. The summed E-state index contributed by atoms with van der Waals surface area (Å²) in [6.45, 7) is 6.87. The lowest BCUT2D eigenvalue weighted by Crippen LogP contribution is -2.18. The first-order valence-electron chi connectivity index (χ1n) is 6.55. The van der Waals surface area contributed by atoms with Crippen molar-refractivity contribution in [3.63, 3.8) is 0 Å². The van der Waals surface area contributed by atoms with E-state index in [9.17, 15) is 0 Å². The first-order chi connectivity index (χ1) is 9.11. The predicted octanol–water partition coefficient (Wildman–Crippen LogP) is 3.50. The third kappa shape index (κ3) is 3.37. The van der Waals surface area contributed by atoms with Crippen LogP contribution in [0.4, 0.5) is 0 Å². The highest BCUT2D eigenvalue weighted by molar-refractivity contribution is 6.31. The van der Waals surface area contributed by atoms with E-state index in [0.29, 0.717) is 0 Å². The van der Waals surface area contributed by atoms with Gasteiger partial charge in [-0.25, -0.2) is 0 Å². The molecule has 3 nitrogen and oxygen atoms in total. The molecule has 0 spiro atoms. The van der Waals surface area contributed by atoms with Crippen LogP contribution < -0.4 is 0 Å². The van der Waals surface area contributed by atoms with Gasteiger partial charge in [-0.05, 0) is 32.5 Å². The highest BCUT2D eigenvalue weighted by Crippen LogP contribution is 2.18. The maximum absolute atomic E-state index is 6.19. The monoisotopic (exact) mass is 277 g/mol. The Balaban J connectivity index is 2.03. The first-order valence-corrected chi connectivity index (χ1v) is 6.92. The molecule has 0 amide bonds. The second-order valence-electron chi connectivity index (χ2n) is 4.83. The minimum atomic E-state index is 0.829. The molecule has 4 heteroatoms. The van der Waals surface area contributed by atoms with Gasteiger partial charge in [-0.3, -0.25) is 9.58 Å². The number of benzene rings is 1. The molecule has 0 atom stereocenters. The number of aromatic nitrogens is 2. The third-order valence-corrected chi connectivity index (χ3v) is 3.71. The minimum absolute atomic E-state index is 0.829.